The first-order chi connectivity index (χ1) is 12.1. The Labute approximate surface area is 145 Å². The van der Waals surface area contributed by atoms with Crippen LogP contribution in [0.3, 0.4) is 0 Å². The van der Waals surface area contributed by atoms with Crippen LogP contribution in [0.2, 0.25) is 0 Å². The molecule has 1 aromatic heterocycles. The molecule has 0 radical (unpaired) electrons. The second kappa shape index (κ2) is 7.30. The number of rotatable bonds is 5. The number of fused-ring (bicyclic) bond motifs is 1. The number of nitrogens with one attached hydrogen (secondary N) is 1. The molecule has 3 aromatic rings. The maximum Gasteiger partial charge on any atom is 0.314 e. The van der Waals surface area contributed by atoms with Crippen molar-refractivity contribution >= 4 is 16.9 Å². The van der Waals surface area contributed by atoms with Gasteiger partial charge < -0.3 is 9.72 Å². The van der Waals surface area contributed by atoms with Crippen LogP contribution in [-0.2, 0) is 9.53 Å². The molecule has 0 amide bonds. The number of hydrogen-bond acceptors (Lipinski definition) is 4. The van der Waals surface area contributed by atoms with Crippen molar-refractivity contribution in [2.24, 2.45) is 0 Å². The lowest BCUT2D eigenvalue weighted by atomic mass is 9.97. The van der Waals surface area contributed by atoms with E-state index in [2.05, 4.69) is 9.97 Å². The highest BCUT2D eigenvalue weighted by molar-refractivity contribution is 5.79. The van der Waals surface area contributed by atoms with Gasteiger partial charge in [0.05, 0.1) is 16.8 Å². The van der Waals surface area contributed by atoms with Crippen LogP contribution in [0.5, 0.6) is 0 Å². The number of H-pyrrole nitrogens is 1. The fourth-order valence-electron chi connectivity index (χ4n) is 2.83. The normalized spacial score (nSPS) is 13.4. The van der Waals surface area contributed by atoms with Gasteiger partial charge in [0, 0.05) is 0 Å². The third-order valence-electron chi connectivity index (χ3n) is 4.20. The Kier molecular flexibility index (Phi) is 4.93. The first-order valence-electron chi connectivity index (χ1n) is 8.34. The Hall–Kier alpha value is -2.95. The van der Waals surface area contributed by atoms with Crippen molar-refractivity contribution in [2.75, 3.05) is 0 Å². The van der Waals surface area contributed by atoms with Crippen molar-refractivity contribution in [1.29, 1.82) is 0 Å². The molecule has 2 aromatic carbocycles. The van der Waals surface area contributed by atoms with E-state index in [-0.39, 0.29) is 17.4 Å². The van der Waals surface area contributed by atoms with E-state index < -0.39 is 6.10 Å². The van der Waals surface area contributed by atoms with Crippen molar-refractivity contribution < 1.29 is 9.53 Å². The number of carbonyl (C=O) groups is 1. The summed E-state index contributed by atoms with van der Waals surface area (Å²) >= 11 is 0. The minimum Gasteiger partial charge on any atom is -0.454 e. The molecule has 128 valence electrons. The van der Waals surface area contributed by atoms with Crippen LogP contribution in [0.4, 0.5) is 0 Å². The van der Waals surface area contributed by atoms with E-state index >= 15 is 0 Å². The van der Waals surface area contributed by atoms with Crippen LogP contribution in [0.1, 0.15) is 43.7 Å². The van der Waals surface area contributed by atoms with Crippen molar-refractivity contribution in [1.82, 2.24) is 9.97 Å². The number of nitrogens with zero attached hydrogens (tertiary/aromatic N) is 1. The predicted molar refractivity (Wildman–Crippen MR) is 96.3 cm³/mol. The number of aromatic amines is 1. The van der Waals surface area contributed by atoms with Gasteiger partial charge in [0.1, 0.15) is 0 Å². The Bertz CT molecular complexity index is 934. The molecule has 5 nitrogen and oxygen atoms in total. The van der Waals surface area contributed by atoms with E-state index in [1.807, 2.05) is 43.3 Å². The van der Waals surface area contributed by atoms with Crippen molar-refractivity contribution in [3.05, 3.63) is 76.3 Å². The first-order valence-corrected chi connectivity index (χ1v) is 8.34. The monoisotopic (exact) mass is 336 g/mol. The minimum atomic E-state index is -0.637. The average molecular weight is 336 g/mol. The molecule has 25 heavy (non-hydrogen) atoms. The van der Waals surface area contributed by atoms with Gasteiger partial charge in [-0.2, -0.15) is 0 Å². The molecule has 0 saturated carbocycles. The number of carbonyl (C=O) groups excluding carboxylic acids is 1. The molecule has 2 unspecified atom stereocenters. The molecule has 1 N–H and O–H groups in total. The van der Waals surface area contributed by atoms with E-state index in [1.165, 1.54) is 0 Å². The molecular weight excluding hydrogens is 316 g/mol. The van der Waals surface area contributed by atoms with Crippen LogP contribution in [0.25, 0.3) is 10.9 Å². The Morgan fingerprint density at radius 2 is 1.80 bits per heavy atom. The molecule has 0 spiro atoms. The summed E-state index contributed by atoms with van der Waals surface area (Å²) in [5.74, 6) is -0.312. The molecule has 0 fully saturated rings. The summed E-state index contributed by atoms with van der Waals surface area (Å²) in [5.41, 5.74) is 1.26. The molecule has 2 atom stereocenters. The van der Waals surface area contributed by atoms with E-state index in [9.17, 15) is 9.59 Å². The van der Waals surface area contributed by atoms with Gasteiger partial charge in [-0.05, 0) is 31.0 Å². The molecule has 0 aliphatic rings. The van der Waals surface area contributed by atoms with Crippen LogP contribution in [-0.4, -0.2) is 15.9 Å². The van der Waals surface area contributed by atoms with Crippen molar-refractivity contribution in [3.63, 3.8) is 0 Å². The van der Waals surface area contributed by atoms with E-state index in [1.54, 1.807) is 25.1 Å². The summed E-state index contributed by atoms with van der Waals surface area (Å²) in [6, 6.07) is 16.6. The summed E-state index contributed by atoms with van der Waals surface area (Å²) in [5, 5.41) is 0.514. The van der Waals surface area contributed by atoms with E-state index in [0.717, 1.165) is 5.56 Å². The third-order valence-corrected chi connectivity index (χ3v) is 4.20. The van der Waals surface area contributed by atoms with Gasteiger partial charge in [-0.25, -0.2) is 4.98 Å². The average Bonchev–Trinajstić information content (AvgIpc) is 2.63. The molecular formula is C20H20N2O3. The molecule has 5 heteroatoms. The number of benzene rings is 2. The van der Waals surface area contributed by atoms with Crippen LogP contribution < -0.4 is 5.56 Å². The quantitative estimate of drug-likeness (QED) is 0.721. The van der Waals surface area contributed by atoms with Crippen molar-refractivity contribution in [3.8, 4) is 0 Å². The lowest BCUT2D eigenvalue weighted by Crippen LogP contribution is -2.21. The van der Waals surface area contributed by atoms with Crippen molar-refractivity contribution in [2.45, 2.75) is 32.3 Å². The van der Waals surface area contributed by atoms with E-state index in [4.69, 9.17) is 4.74 Å². The largest absolute Gasteiger partial charge is 0.454 e. The standard InChI is InChI=1S/C20H20N2O3/c1-3-15(14-9-5-4-6-10-14)20(24)25-13(2)18-21-17-12-8-7-11-16(17)19(23)22-18/h4-13,15H,3H2,1-2H3,(H,21,22,23). The molecule has 1 heterocycles. The smallest absolute Gasteiger partial charge is 0.314 e. The summed E-state index contributed by atoms with van der Waals surface area (Å²) in [6.07, 6.45) is -0.000365. The van der Waals surface area contributed by atoms with Gasteiger partial charge in [-0.1, -0.05) is 49.4 Å². The highest BCUT2D eigenvalue weighted by atomic mass is 16.5. The van der Waals surface area contributed by atoms with Crippen LogP contribution >= 0.6 is 0 Å². The molecule has 3 rings (SSSR count). The van der Waals surface area contributed by atoms with Gasteiger partial charge in [0.2, 0.25) is 0 Å². The van der Waals surface area contributed by atoms with Crippen LogP contribution in [0, 0.1) is 0 Å². The highest BCUT2D eigenvalue weighted by Gasteiger charge is 2.23. The number of hydrogen-bond donors (Lipinski definition) is 1. The number of esters is 1. The fourth-order valence-corrected chi connectivity index (χ4v) is 2.83. The zero-order valence-corrected chi connectivity index (χ0v) is 14.2. The van der Waals surface area contributed by atoms with Gasteiger partial charge in [0.25, 0.3) is 5.56 Å². The Balaban J connectivity index is 1.83. The summed E-state index contributed by atoms with van der Waals surface area (Å²) in [7, 11) is 0. The van der Waals surface area contributed by atoms with Gasteiger partial charge in [-0.15, -0.1) is 0 Å². The zero-order valence-electron chi connectivity index (χ0n) is 14.2. The number of aromatic nitrogens is 2. The summed E-state index contributed by atoms with van der Waals surface area (Å²) in [6.45, 7) is 3.66. The number of ether oxygens (including phenoxy) is 1. The fraction of sp³-hybridized carbons (Fsp3) is 0.250. The second-order valence-electron chi connectivity index (χ2n) is 5.92. The molecule has 0 aliphatic carbocycles. The Morgan fingerprint density at radius 3 is 2.52 bits per heavy atom. The summed E-state index contributed by atoms with van der Waals surface area (Å²) < 4.78 is 5.58. The molecule has 0 bridgehead atoms. The lowest BCUT2D eigenvalue weighted by Gasteiger charge is -2.18. The minimum absolute atomic E-state index is 0.237. The second-order valence-corrected chi connectivity index (χ2v) is 5.92. The zero-order chi connectivity index (χ0) is 17.8. The topological polar surface area (TPSA) is 72.0 Å². The molecule has 0 aliphatic heterocycles. The maximum atomic E-state index is 12.6. The number of para-hydroxylation sites is 1. The lowest BCUT2D eigenvalue weighted by molar-refractivity contribution is -0.151. The molecule has 0 saturated heterocycles. The maximum absolute atomic E-state index is 12.6. The first kappa shape index (κ1) is 16.9. The van der Waals surface area contributed by atoms with E-state index in [0.29, 0.717) is 23.1 Å². The SMILES string of the molecule is CCC(C(=O)OC(C)c1nc2ccccc2c(=O)[nH]1)c1ccccc1. The van der Waals surface area contributed by atoms with Gasteiger partial charge in [0.15, 0.2) is 11.9 Å². The Morgan fingerprint density at radius 1 is 1.12 bits per heavy atom. The third kappa shape index (κ3) is 3.60. The van der Waals surface area contributed by atoms with Gasteiger partial charge in [-0.3, -0.25) is 9.59 Å². The summed E-state index contributed by atoms with van der Waals surface area (Å²) in [4.78, 5) is 31.9. The van der Waals surface area contributed by atoms with Crippen LogP contribution in [0.15, 0.2) is 59.4 Å². The predicted octanol–water partition coefficient (Wildman–Crippen LogP) is 3.72. The van der Waals surface area contributed by atoms with Gasteiger partial charge >= 0.3 is 5.97 Å². The highest BCUT2D eigenvalue weighted by Crippen LogP contribution is 2.24.